The average molecular weight is 425 g/mol. The molecule has 31 heavy (non-hydrogen) atoms. The molecule has 3 rings (SSSR count). The van der Waals surface area contributed by atoms with Crippen LogP contribution >= 0.6 is 0 Å². The van der Waals surface area contributed by atoms with Crippen molar-refractivity contribution in [2.75, 3.05) is 15.6 Å². The number of rotatable bonds is 7. The summed E-state index contributed by atoms with van der Waals surface area (Å²) in [5, 5.41) is 11.1. The molecule has 0 spiro atoms. The normalized spacial score (nSPS) is 15.5. The molecule has 8 nitrogen and oxygen atoms in total. The molecule has 4 N–H and O–H groups in total. The van der Waals surface area contributed by atoms with E-state index in [-0.39, 0.29) is 24.0 Å². The van der Waals surface area contributed by atoms with E-state index in [0.717, 1.165) is 0 Å². The fourth-order valence-electron chi connectivity index (χ4n) is 3.12. The minimum atomic E-state index is -0.843. The van der Waals surface area contributed by atoms with Crippen molar-refractivity contribution in [3.05, 3.63) is 54.3 Å². The smallest absolute Gasteiger partial charge is 0.271 e. The molecule has 0 aromatic heterocycles. The van der Waals surface area contributed by atoms with Crippen LogP contribution in [0.3, 0.4) is 0 Å². The van der Waals surface area contributed by atoms with Gasteiger partial charge in [-0.2, -0.15) is 5.10 Å². The predicted molar refractivity (Wildman–Crippen MR) is 117 cm³/mol. The molecule has 2 aromatic carbocycles. The highest BCUT2D eigenvalue weighted by molar-refractivity contribution is 6.44. The van der Waals surface area contributed by atoms with Crippen molar-refractivity contribution in [2.24, 2.45) is 16.8 Å². The Hall–Kier alpha value is -3.75. The second kappa shape index (κ2) is 9.38. The number of primary amides is 1. The van der Waals surface area contributed by atoms with Crippen molar-refractivity contribution < 1.29 is 18.8 Å². The van der Waals surface area contributed by atoms with Crippen molar-refractivity contribution in [3.8, 4) is 0 Å². The number of nitrogens with two attached hydrogens (primary N) is 1. The molecule has 0 saturated heterocycles. The van der Waals surface area contributed by atoms with Gasteiger partial charge in [0.05, 0.1) is 5.69 Å². The second-order valence-corrected chi connectivity index (χ2v) is 7.67. The minimum Gasteiger partial charge on any atom is -0.368 e. The molecular weight excluding hydrogens is 401 g/mol. The van der Waals surface area contributed by atoms with Crippen molar-refractivity contribution >= 4 is 40.5 Å². The van der Waals surface area contributed by atoms with E-state index < -0.39 is 23.7 Å². The summed E-state index contributed by atoms with van der Waals surface area (Å²) in [6.07, 6.45) is 0.450. The number of benzene rings is 2. The number of carbonyl (C=O) groups is 3. The van der Waals surface area contributed by atoms with E-state index in [2.05, 4.69) is 15.7 Å². The van der Waals surface area contributed by atoms with Gasteiger partial charge in [-0.15, -0.1) is 0 Å². The van der Waals surface area contributed by atoms with Crippen LogP contribution in [0.15, 0.2) is 53.6 Å². The number of nitrogens with zero attached hydrogens (tertiary/aromatic N) is 2. The summed E-state index contributed by atoms with van der Waals surface area (Å²) in [6, 6.07) is 11.2. The fraction of sp³-hybridized carbons (Fsp3) is 0.273. The van der Waals surface area contributed by atoms with Gasteiger partial charge in [0.1, 0.15) is 17.6 Å². The van der Waals surface area contributed by atoms with Gasteiger partial charge in [0.25, 0.3) is 5.91 Å². The molecule has 0 saturated carbocycles. The lowest BCUT2D eigenvalue weighted by Gasteiger charge is -2.20. The number of nitrogens with one attached hydrogen (secondary N) is 2. The summed E-state index contributed by atoms with van der Waals surface area (Å²) in [5.74, 6) is -1.37. The maximum Gasteiger partial charge on any atom is 0.271 e. The van der Waals surface area contributed by atoms with E-state index in [0.29, 0.717) is 23.5 Å². The number of amides is 3. The molecule has 0 fully saturated rings. The molecule has 1 heterocycles. The molecule has 2 aromatic rings. The number of hydrazone groups is 1. The van der Waals surface area contributed by atoms with Gasteiger partial charge in [0, 0.05) is 24.2 Å². The summed E-state index contributed by atoms with van der Waals surface area (Å²) >= 11 is 0. The topological polar surface area (TPSA) is 117 Å². The Kier molecular flexibility index (Phi) is 6.64. The van der Waals surface area contributed by atoms with Gasteiger partial charge in [0.15, 0.2) is 0 Å². The highest BCUT2D eigenvalue weighted by Crippen LogP contribution is 2.25. The Morgan fingerprint density at radius 1 is 1.06 bits per heavy atom. The van der Waals surface area contributed by atoms with Gasteiger partial charge in [-0.3, -0.25) is 19.4 Å². The molecule has 1 atom stereocenters. The van der Waals surface area contributed by atoms with Crippen LogP contribution in [0, 0.1) is 11.7 Å². The van der Waals surface area contributed by atoms with Crippen LogP contribution in [-0.4, -0.2) is 29.5 Å². The summed E-state index contributed by atoms with van der Waals surface area (Å²) in [6.45, 7) is 3.92. The van der Waals surface area contributed by atoms with Gasteiger partial charge in [-0.25, -0.2) is 4.39 Å². The third kappa shape index (κ3) is 5.65. The zero-order valence-corrected chi connectivity index (χ0v) is 17.3. The zero-order chi connectivity index (χ0) is 22.5. The quantitative estimate of drug-likeness (QED) is 0.632. The fourth-order valence-corrected chi connectivity index (χ4v) is 3.12. The number of carbonyl (C=O) groups excluding carboxylic acids is 3. The monoisotopic (exact) mass is 425 g/mol. The SMILES string of the molecule is CC(C)CC(=O)Nc1ccc(NC(=O)C2=NN(c3ccc(F)cc3)[C@@H](C(N)=O)C2)cc1. The highest BCUT2D eigenvalue weighted by Gasteiger charge is 2.35. The molecule has 0 aliphatic carbocycles. The lowest BCUT2D eigenvalue weighted by atomic mass is 10.1. The number of halogens is 1. The molecule has 162 valence electrons. The van der Waals surface area contributed by atoms with E-state index in [1.165, 1.54) is 29.3 Å². The van der Waals surface area contributed by atoms with Gasteiger partial charge in [-0.1, -0.05) is 13.8 Å². The van der Waals surface area contributed by atoms with E-state index in [9.17, 15) is 18.8 Å². The lowest BCUT2D eigenvalue weighted by molar-refractivity contribution is -0.119. The van der Waals surface area contributed by atoms with Crippen LogP contribution < -0.4 is 21.4 Å². The Morgan fingerprint density at radius 2 is 1.65 bits per heavy atom. The molecule has 1 aliphatic rings. The van der Waals surface area contributed by atoms with Crippen LogP contribution in [0.25, 0.3) is 0 Å². The Morgan fingerprint density at radius 3 is 2.19 bits per heavy atom. The van der Waals surface area contributed by atoms with Gasteiger partial charge >= 0.3 is 0 Å². The molecule has 0 unspecified atom stereocenters. The van der Waals surface area contributed by atoms with E-state index in [1.807, 2.05) is 13.8 Å². The summed E-state index contributed by atoms with van der Waals surface area (Å²) in [4.78, 5) is 36.3. The standard InChI is InChI=1S/C22H24FN5O3/c1-13(2)11-20(29)25-15-5-7-16(8-6-15)26-22(31)18-12-19(21(24)30)28(27-18)17-9-3-14(23)4-10-17/h3-10,13,19H,11-12H2,1-2H3,(H2,24,30)(H,25,29)(H,26,31)/t19-/m1/s1. The molecule has 3 amide bonds. The molecule has 1 aliphatic heterocycles. The first kappa shape index (κ1) is 21.9. The van der Waals surface area contributed by atoms with Crippen molar-refractivity contribution in [2.45, 2.75) is 32.7 Å². The first-order valence-corrected chi connectivity index (χ1v) is 9.86. The van der Waals surface area contributed by atoms with Crippen LogP contribution in [0.5, 0.6) is 0 Å². The van der Waals surface area contributed by atoms with E-state index in [4.69, 9.17) is 5.73 Å². The third-order valence-electron chi connectivity index (χ3n) is 4.61. The van der Waals surface area contributed by atoms with Crippen LogP contribution in [0.1, 0.15) is 26.7 Å². The second-order valence-electron chi connectivity index (χ2n) is 7.67. The number of hydrogen-bond acceptors (Lipinski definition) is 5. The summed E-state index contributed by atoms with van der Waals surface area (Å²) in [5.41, 5.74) is 7.17. The number of anilines is 3. The summed E-state index contributed by atoms with van der Waals surface area (Å²) in [7, 11) is 0. The zero-order valence-electron chi connectivity index (χ0n) is 17.3. The van der Waals surface area contributed by atoms with Gasteiger partial charge in [0.2, 0.25) is 11.8 Å². The molecule has 0 bridgehead atoms. The molecular formula is C22H24FN5O3. The largest absolute Gasteiger partial charge is 0.368 e. The summed E-state index contributed by atoms with van der Waals surface area (Å²) < 4.78 is 13.2. The predicted octanol–water partition coefficient (Wildman–Crippen LogP) is 2.87. The molecule has 0 radical (unpaired) electrons. The Balaban J connectivity index is 1.68. The molecule has 9 heteroatoms. The van der Waals surface area contributed by atoms with Gasteiger partial charge in [-0.05, 0) is 54.4 Å². The minimum absolute atomic E-state index is 0.0296. The van der Waals surface area contributed by atoms with Crippen LogP contribution in [-0.2, 0) is 14.4 Å². The lowest BCUT2D eigenvalue weighted by Crippen LogP contribution is -2.39. The van der Waals surface area contributed by atoms with Crippen LogP contribution in [0.4, 0.5) is 21.5 Å². The first-order valence-electron chi connectivity index (χ1n) is 9.86. The van der Waals surface area contributed by atoms with Crippen molar-refractivity contribution in [1.29, 1.82) is 0 Å². The maximum atomic E-state index is 13.2. The Labute approximate surface area is 179 Å². The van der Waals surface area contributed by atoms with E-state index >= 15 is 0 Å². The van der Waals surface area contributed by atoms with E-state index in [1.54, 1.807) is 24.3 Å². The maximum absolute atomic E-state index is 13.2. The van der Waals surface area contributed by atoms with Crippen LogP contribution in [0.2, 0.25) is 0 Å². The first-order chi connectivity index (χ1) is 14.7. The highest BCUT2D eigenvalue weighted by atomic mass is 19.1. The third-order valence-corrected chi connectivity index (χ3v) is 4.61. The average Bonchev–Trinajstić information content (AvgIpc) is 3.15. The van der Waals surface area contributed by atoms with Gasteiger partial charge < -0.3 is 16.4 Å². The van der Waals surface area contributed by atoms with Crippen molar-refractivity contribution in [3.63, 3.8) is 0 Å². The number of hydrogen-bond donors (Lipinski definition) is 3. The Bertz CT molecular complexity index is 1000. The van der Waals surface area contributed by atoms with Crippen molar-refractivity contribution in [1.82, 2.24) is 0 Å².